The van der Waals surface area contributed by atoms with Crippen molar-refractivity contribution in [3.63, 3.8) is 0 Å². The maximum Gasteiger partial charge on any atom is 0.225 e. The summed E-state index contributed by atoms with van der Waals surface area (Å²) in [4.78, 5) is 23.1. The van der Waals surface area contributed by atoms with Crippen LogP contribution >= 0.6 is 22.7 Å². The van der Waals surface area contributed by atoms with E-state index in [-0.39, 0.29) is 11.8 Å². The summed E-state index contributed by atoms with van der Waals surface area (Å²) in [6.45, 7) is 4.99. The van der Waals surface area contributed by atoms with E-state index in [1.165, 1.54) is 10.4 Å². The van der Waals surface area contributed by atoms with Gasteiger partial charge in [-0.1, -0.05) is 0 Å². The minimum atomic E-state index is -0.312. The number of primary amides is 1. The summed E-state index contributed by atoms with van der Waals surface area (Å²) in [5, 5.41) is 4.46. The van der Waals surface area contributed by atoms with Crippen molar-refractivity contribution in [3.8, 4) is 10.6 Å². The first kappa shape index (κ1) is 15.7. The number of pyridine rings is 1. The van der Waals surface area contributed by atoms with E-state index in [4.69, 9.17) is 10.7 Å². The number of thiazole rings is 1. The van der Waals surface area contributed by atoms with Crippen molar-refractivity contribution in [2.45, 2.75) is 32.2 Å². The molecule has 3 aromatic rings. The van der Waals surface area contributed by atoms with Crippen molar-refractivity contribution in [2.75, 3.05) is 6.54 Å². The summed E-state index contributed by atoms with van der Waals surface area (Å²) in [7, 11) is 0. The normalized spacial score (nSPS) is 18.5. The van der Waals surface area contributed by atoms with Crippen LogP contribution in [0.25, 0.3) is 20.8 Å². The molecule has 0 bridgehead atoms. The monoisotopic (exact) mass is 358 g/mol. The number of nitrogens with two attached hydrogens (primary N) is 1. The molecule has 0 fully saturated rings. The molecule has 24 heavy (non-hydrogen) atoms. The van der Waals surface area contributed by atoms with Crippen molar-refractivity contribution >= 4 is 38.8 Å². The van der Waals surface area contributed by atoms with Crippen molar-refractivity contribution in [2.24, 2.45) is 5.73 Å². The van der Waals surface area contributed by atoms with Crippen molar-refractivity contribution in [3.05, 3.63) is 33.8 Å². The van der Waals surface area contributed by atoms with Crippen LogP contribution in [0.2, 0.25) is 0 Å². The molecule has 0 saturated carbocycles. The molecule has 1 aliphatic rings. The Kier molecular flexibility index (Phi) is 3.86. The van der Waals surface area contributed by atoms with Crippen molar-refractivity contribution in [1.29, 1.82) is 0 Å². The third kappa shape index (κ3) is 2.44. The number of nitrogens with zero attached hydrogens (tertiary/aromatic N) is 2. The number of hydrogen-bond acceptors (Lipinski definition) is 6. The lowest BCUT2D eigenvalue weighted by molar-refractivity contribution is -0.119. The summed E-state index contributed by atoms with van der Waals surface area (Å²) in [6, 6.07) is 2.28. The highest BCUT2D eigenvalue weighted by atomic mass is 32.1. The van der Waals surface area contributed by atoms with E-state index >= 15 is 0 Å². The molecule has 1 amide bonds. The lowest BCUT2D eigenvalue weighted by Crippen LogP contribution is -2.26. The molecule has 124 valence electrons. The van der Waals surface area contributed by atoms with Crippen molar-refractivity contribution < 1.29 is 4.79 Å². The Bertz CT molecular complexity index is 897. The Morgan fingerprint density at radius 1 is 1.46 bits per heavy atom. The molecule has 3 aromatic heterocycles. The molecule has 1 unspecified atom stereocenters. The smallest absolute Gasteiger partial charge is 0.225 e. The maximum absolute atomic E-state index is 11.8. The predicted molar refractivity (Wildman–Crippen MR) is 98.5 cm³/mol. The zero-order chi connectivity index (χ0) is 16.8. The van der Waals surface area contributed by atoms with Gasteiger partial charge in [0.2, 0.25) is 5.91 Å². The minimum absolute atomic E-state index is 0.293. The zero-order valence-corrected chi connectivity index (χ0v) is 15.1. The number of amides is 1. The lowest BCUT2D eigenvalue weighted by atomic mass is 9.96. The fourth-order valence-corrected chi connectivity index (χ4v) is 5.69. The fourth-order valence-electron chi connectivity index (χ4n) is 3.16. The number of carbonyl (C=O) groups is 1. The predicted octanol–water partition coefficient (Wildman–Crippen LogP) is 3.22. The standard InChI is InChI=1S/C17H18N4OS2/c1-8(16(18)22)14-13(10-3-6-20-9(2)15(10)24-14)17-21-11-7-19-5-4-12(11)23-17/h4-5,7-9,20H,3,6H2,1-2H3,(H2,18,22)/t8?,9-/m0/s1. The van der Waals surface area contributed by atoms with Crippen LogP contribution in [0.4, 0.5) is 0 Å². The number of thiophene rings is 1. The van der Waals surface area contributed by atoms with E-state index in [0.29, 0.717) is 6.04 Å². The SMILES string of the molecule is CC(C(N)=O)c1sc2c(c1-c1nc3cnccc3s1)CCN[C@H]2C. The van der Waals surface area contributed by atoms with Crippen LogP contribution in [0.3, 0.4) is 0 Å². The van der Waals surface area contributed by atoms with E-state index in [0.717, 1.165) is 38.6 Å². The van der Waals surface area contributed by atoms with Gasteiger partial charge in [-0.2, -0.15) is 0 Å². The number of carbonyl (C=O) groups excluding carboxylic acids is 1. The van der Waals surface area contributed by atoms with Crippen molar-refractivity contribution in [1.82, 2.24) is 15.3 Å². The zero-order valence-electron chi connectivity index (χ0n) is 13.5. The Balaban J connectivity index is 1.96. The van der Waals surface area contributed by atoms with Gasteiger partial charge in [0.25, 0.3) is 0 Å². The first-order valence-corrected chi connectivity index (χ1v) is 9.58. The first-order valence-electron chi connectivity index (χ1n) is 7.95. The van der Waals surface area contributed by atoms with Gasteiger partial charge in [0, 0.05) is 27.6 Å². The molecule has 4 heterocycles. The molecular formula is C17H18N4OS2. The van der Waals surface area contributed by atoms with E-state index in [2.05, 4.69) is 17.2 Å². The van der Waals surface area contributed by atoms with Gasteiger partial charge in [-0.15, -0.1) is 22.7 Å². The highest BCUT2D eigenvalue weighted by Gasteiger charge is 2.30. The summed E-state index contributed by atoms with van der Waals surface area (Å²) in [5.74, 6) is -0.605. The molecule has 5 nitrogen and oxygen atoms in total. The lowest BCUT2D eigenvalue weighted by Gasteiger charge is -2.20. The molecular weight excluding hydrogens is 340 g/mol. The van der Waals surface area contributed by atoms with E-state index < -0.39 is 0 Å². The minimum Gasteiger partial charge on any atom is -0.369 e. The molecule has 2 atom stereocenters. The highest BCUT2D eigenvalue weighted by Crippen LogP contribution is 2.46. The van der Waals surface area contributed by atoms with Gasteiger partial charge < -0.3 is 11.1 Å². The first-order chi connectivity index (χ1) is 11.6. The van der Waals surface area contributed by atoms with Crippen LogP contribution in [0, 0.1) is 0 Å². The second-order valence-electron chi connectivity index (χ2n) is 6.10. The maximum atomic E-state index is 11.8. The van der Waals surface area contributed by atoms with Crippen LogP contribution in [-0.4, -0.2) is 22.4 Å². The van der Waals surface area contributed by atoms with Crippen LogP contribution in [0.15, 0.2) is 18.5 Å². The third-order valence-electron chi connectivity index (χ3n) is 4.51. The second-order valence-corrected chi connectivity index (χ2v) is 8.21. The van der Waals surface area contributed by atoms with Gasteiger partial charge in [0.15, 0.2) is 0 Å². The van der Waals surface area contributed by atoms with Crippen LogP contribution < -0.4 is 11.1 Å². The Labute approximate surface area is 147 Å². The van der Waals surface area contributed by atoms with Gasteiger partial charge in [-0.05, 0) is 38.4 Å². The molecule has 3 N–H and O–H groups in total. The molecule has 7 heteroatoms. The number of fused-ring (bicyclic) bond motifs is 2. The van der Waals surface area contributed by atoms with Gasteiger partial charge in [-0.3, -0.25) is 9.78 Å². The number of rotatable bonds is 3. The van der Waals surface area contributed by atoms with E-state index in [1.54, 1.807) is 35.1 Å². The number of hydrogen-bond donors (Lipinski definition) is 2. The Morgan fingerprint density at radius 2 is 2.29 bits per heavy atom. The second kappa shape index (κ2) is 5.91. The molecule has 4 rings (SSSR count). The summed E-state index contributed by atoms with van der Waals surface area (Å²) in [6.07, 6.45) is 4.52. The molecule has 1 aliphatic heterocycles. The summed E-state index contributed by atoms with van der Waals surface area (Å²) < 4.78 is 1.11. The van der Waals surface area contributed by atoms with Gasteiger partial charge >= 0.3 is 0 Å². The number of aromatic nitrogens is 2. The molecule has 0 saturated heterocycles. The van der Waals surface area contributed by atoms with Gasteiger partial charge in [0.1, 0.15) is 10.5 Å². The molecule has 0 aromatic carbocycles. The van der Waals surface area contributed by atoms with E-state index in [9.17, 15) is 4.79 Å². The van der Waals surface area contributed by atoms with Gasteiger partial charge in [0.05, 0.1) is 16.8 Å². The largest absolute Gasteiger partial charge is 0.369 e. The van der Waals surface area contributed by atoms with Crippen LogP contribution in [-0.2, 0) is 11.2 Å². The average molecular weight is 358 g/mol. The highest BCUT2D eigenvalue weighted by molar-refractivity contribution is 7.22. The topological polar surface area (TPSA) is 80.9 Å². The molecule has 0 aliphatic carbocycles. The van der Waals surface area contributed by atoms with Crippen LogP contribution in [0.5, 0.6) is 0 Å². The van der Waals surface area contributed by atoms with Crippen LogP contribution in [0.1, 0.15) is 41.1 Å². The summed E-state index contributed by atoms with van der Waals surface area (Å²) in [5.41, 5.74) is 8.95. The van der Waals surface area contributed by atoms with Gasteiger partial charge in [-0.25, -0.2) is 4.98 Å². The number of nitrogens with one attached hydrogen (secondary N) is 1. The summed E-state index contributed by atoms with van der Waals surface area (Å²) >= 11 is 3.35. The average Bonchev–Trinajstić information content (AvgIpc) is 3.15. The molecule has 0 radical (unpaired) electrons. The molecule has 0 spiro atoms. The quantitative estimate of drug-likeness (QED) is 0.753. The Morgan fingerprint density at radius 3 is 3.04 bits per heavy atom. The fraction of sp³-hybridized carbons (Fsp3) is 0.353. The Hall–Kier alpha value is -1.83. The third-order valence-corrected chi connectivity index (χ3v) is 7.16. The van der Waals surface area contributed by atoms with E-state index in [1.807, 2.05) is 13.0 Å².